The summed E-state index contributed by atoms with van der Waals surface area (Å²) in [5, 5.41) is 8.48. The van der Waals surface area contributed by atoms with Gasteiger partial charge in [-0.05, 0) is 30.5 Å². The molecule has 0 heterocycles. The van der Waals surface area contributed by atoms with Crippen LogP contribution in [0.3, 0.4) is 0 Å². The first-order chi connectivity index (χ1) is 6.02. The smallest absolute Gasteiger partial charge is 0.307 e. The second-order valence-electron chi connectivity index (χ2n) is 3.05. The molecule has 3 heteroatoms. The Kier molecular flexibility index (Phi) is 2.66. The van der Waals surface area contributed by atoms with Gasteiger partial charge in [-0.1, -0.05) is 12.1 Å². The molecule has 0 aliphatic carbocycles. The van der Waals surface area contributed by atoms with Crippen molar-refractivity contribution in [3.63, 3.8) is 0 Å². The number of aryl methyl sites for hydroxylation is 1. The van der Waals surface area contributed by atoms with E-state index >= 15 is 0 Å². The average molecular weight is 182 g/mol. The molecule has 0 unspecified atom stereocenters. The monoisotopic (exact) mass is 182 g/mol. The van der Waals surface area contributed by atoms with E-state index in [0.29, 0.717) is 5.56 Å². The summed E-state index contributed by atoms with van der Waals surface area (Å²) in [6, 6.07) is 3.25. The molecule has 70 valence electrons. The van der Waals surface area contributed by atoms with Crippen LogP contribution in [0.25, 0.3) is 0 Å². The van der Waals surface area contributed by atoms with Gasteiger partial charge in [0, 0.05) is 0 Å². The number of aliphatic carboxylic acids is 1. The minimum Gasteiger partial charge on any atom is -0.481 e. The Labute approximate surface area is 76.0 Å². The number of rotatable bonds is 2. The van der Waals surface area contributed by atoms with Gasteiger partial charge in [-0.25, -0.2) is 4.39 Å². The number of carboxylic acids is 1. The van der Waals surface area contributed by atoms with Gasteiger partial charge in [0.15, 0.2) is 0 Å². The van der Waals surface area contributed by atoms with E-state index in [1.165, 1.54) is 6.07 Å². The fraction of sp³-hybridized carbons (Fsp3) is 0.300. The Morgan fingerprint density at radius 1 is 1.46 bits per heavy atom. The van der Waals surface area contributed by atoms with Crippen molar-refractivity contribution in [1.82, 2.24) is 0 Å². The van der Waals surface area contributed by atoms with E-state index in [4.69, 9.17) is 5.11 Å². The van der Waals surface area contributed by atoms with Crippen molar-refractivity contribution >= 4 is 5.97 Å². The van der Waals surface area contributed by atoms with Crippen LogP contribution in [0.15, 0.2) is 12.1 Å². The van der Waals surface area contributed by atoms with E-state index < -0.39 is 11.8 Å². The molecular weight excluding hydrogens is 171 g/mol. The molecule has 0 aromatic heterocycles. The van der Waals surface area contributed by atoms with E-state index in [-0.39, 0.29) is 12.0 Å². The lowest BCUT2D eigenvalue weighted by Gasteiger charge is -2.05. The number of hydrogen-bond acceptors (Lipinski definition) is 1. The van der Waals surface area contributed by atoms with E-state index in [1.54, 1.807) is 19.9 Å². The SMILES string of the molecule is Cc1ccc(CC(=O)O)c(F)c1C. The molecule has 0 radical (unpaired) electrons. The number of hydrogen-bond donors (Lipinski definition) is 1. The molecule has 13 heavy (non-hydrogen) atoms. The number of benzene rings is 1. The molecule has 0 fully saturated rings. The van der Waals surface area contributed by atoms with E-state index in [0.717, 1.165) is 5.56 Å². The second-order valence-corrected chi connectivity index (χ2v) is 3.05. The van der Waals surface area contributed by atoms with E-state index in [1.807, 2.05) is 0 Å². The third-order valence-electron chi connectivity index (χ3n) is 2.08. The summed E-state index contributed by atoms with van der Waals surface area (Å²) in [5.74, 6) is -1.41. The highest BCUT2D eigenvalue weighted by molar-refractivity contribution is 5.70. The Morgan fingerprint density at radius 3 is 2.62 bits per heavy atom. The number of halogens is 1. The summed E-state index contributed by atoms with van der Waals surface area (Å²) in [7, 11) is 0. The van der Waals surface area contributed by atoms with Crippen molar-refractivity contribution in [3.8, 4) is 0 Å². The standard InChI is InChI=1S/C10H11FO2/c1-6-3-4-8(5-9(12)13)10(11)7(6)2/h3-4H,5H2,1-2H3,(H,12,13). The van der Waals surface area contributed by atoms with Crippen LogP contribution in [0, 0.1) is 19.7 Å². The van der Waals surface area contributed by atoms with Gasteiger partial charge >= 0.3 is 5.97 Å². The first-order valence-corrected chi connectivity index (χ1v) is 3.98. The molecule has 0 saturated carbocycles. The third kappa shape index (κ3) is 2.05. The fourth-order valence-electron chi connectivity index (χ4n) is 1.14. The highest BCUT2D eigenvalue weighted by Gasteiger charge is 2.09. The maximum atomic E-state index is 13.4. The lowest BCUT2D eigenvalue weighted by Crippen LogP contribution is -2.04. The van der Waals surface area contributed by atoms with Crippen LogP contribution in [0.4, 0.5) is 4.39 Å². The largest absolute Gasteiger partial charge is 0.481 e. The van der Waals surface area contributed by atoms with Gasteiger partial charge in [-0.2, -0.15) is 0 Å². The van der Waals surface area contributed by atoms with Crippen molar-refractivity contribution in [3.05, 3.63) is 34.6 Å². The van der Waals surface area contributed by atoms with Gasteiger partial charge < -0.3 is 5.11 Å². The molecule has 0 atom stereocenters. The van der Waals surface area contributed by atoms with E-state index in [2.05, 4.69) is 0 Å². The highest BCUT2D eigenvalue weighted by Crippen LogP contribution is 2.16. The zero-order valence-corrected chi connectivity index (χ0v) is 7.60. The second kappa shape index (κ2) is 3.56. The molecule has 0 bridgehead atoms. The van der Waals surface area contributed by atoms with Gasteiger partial charge in [-0.3, -0.25) is 4.79 Å². The average Bonchev–Trinajstić information content (AvgIpc) is 2.06. The van der Waals surface area contributed by atoms with E-state index in [9.17, 15) is 9.18 Å². The maximum absolute atomic E-state index is 13.4. The summed E-state index contributed by atoms with van der Waals surface area (Å²) in [6.07, 6.45) is -0.257. The topological polar surface area (TPSA) is 37.3 Å². The highest BCUT2D eigenvalue weighted by atomic mass is 19.1. The molecule has 2 nitrogen and oxygen atoms in total. The lowest BCUT2D eigenvalue weighted by atomic mass is 10.0. The number of carbonyl (C=O) groups is 1. The first-order valence-electron chi connectivity index (χ1n) is 3.98. The van der Waals surface area contributed by atoms with Crippen molar-refractivity contribution in [2.24, 2.45) is 0 Å². The van der Waals surface area contributed by atoms with Crippen LogP contribution in [-0.4, -0.2) is 11.1 Å². The summed E-state index contributed by atoms with van der Waals surface area (Å²) < 4.78 is 13.4. The molecule has 0 spiro atoms. The summed E-state index contributed by atoms with van der Waals surface area (Å²) in [6.45, 7) is 3.44. The molecular formula is C10H11FO2. The lowest BCUT2D eigenvalue weighted by molar-refractivity contribution is -0.136. The Morgan fingerprint density at radius 2 is 2.08 bits per heavy atom. The van der Waals surface area contributed by atoms with Crippen LogP contribution in [0.1, 0.15) is 16.7 Å². The fourth-order valence-corrected chi connectivity index (χ4v) is 1.14. The minimum absolute atomic E-state index is 0.246. The maximum Gasteiger partial charge on any atom is 0.307 e. The van der Waals surface area contributed by atoms with Gasteiger partial charge in [0.1, 0.15) is 5.82 Å². The van der Waals surface area contributed by atoms with Crippen LogP contribution in [0.2, 0.25) is 0 Å². The van der Waals surface area contributed by atoms with Crippen molar-refractivity contribution in [1.29, 1.82) is 0 Å². The normalized spacial score (nSPS) is 10.1. The Balaban J connectivity index is 3.10. The Hall–Kier alpha value is -1.38. The van der Waals surface area contributed by atoms with Crippen molar-refractivity contribution < 1.29 is 14.3 Å². The molecule has 1 N–H and O–H groups in total. The number of carboxylic acid groups (broad SMARTS) is 1. The molecule has 1 rings (SSSR count). The summed E-state index contributed by atoms with van der Waals surface area (Å²) in [5.41, 5.74) is 1.61. The van der Waals surface area contributed by atoms with Gasteiger partial charge in [0.2, 0.25) is 0 Å². The molecule has 0 saturated heterocycles. The molecule has 0 amide bonds. The quantitative estimate of drug-likeness (QED) is 0.760. The summed E-state index contributed by atoms with van der Waals surface area (Å²) in [4.78, 5) is 10.4. The van der Waals surface area contributed by atoms with Crippen LogP contribution < -0.4 is 0 Å². The summed E-state index contributed by atoms with van der Waals surface area (Å²) >= 11 is 0. The minimum atomic E-state index is -1.01. The predicted octanol–water partition coefficient (Wildman–Crippen LogP) is 2.07. The predicted molar refractivity (Wildman–Crippen MR) is 47.2 cm³/mol. The first kappa shape index (κ1) is 9.71. The third-order valence-corrected chi connectivity index (χ3v) is 2.08. The molecule has 1 aromatic rings. The van der Waals surface area contributed by atoms with Crippen LogP contribution in [-0.2, 0) is 11.2 Å². The van der Waals surface area contributed by atoms with Gasteiger partial charge in [0.05, 0.1) is 6.42 Å². The van der Waals surface area contributed by atoms with Crippen LogP contribution in [0.5, 0.6) is 0 Å². The Bertz CT molecular complexity index is 345. The zero-order chi connectivity index (χ0) is 10.0. The van der Waals surface area contributed by atoms with Crippen molar-refractivity contribution in [2.45, 2.75) is 20.3 Å². The molecule has 1 aromatic carbocycles. The van der Waals surface area contributed by atoms with Crippen molar-refractivity contribution in [2.75, 3.05) is 0 Å². The van der Waals surface area contributed by atoms with Gasteiger partial charge in [0.25, 0.3) is 0 Å². The van der Waals surface area contributed by atoms with Gasteiger partial charge in [-0.15, -0.1) is 0 Å². The molecule has 0 aliphatic rings. The molecule has 0 aliphatic heterocycles. The van der Waals surface area contributed by atoms with Crippen LogP contribution >= 0.6 is 0 Å². The zero-order valence-electron chi connectivity index (χ0n) is 7.60.